The molecular weight excluding hydrogens is 420 g/mol. The number of benzene rings is 1. The first kappa shape index (κ1) is 20.9. The van der Waals surface area contributed by atoms with E-state index in [1.54, 1.807) is 11.1 Å². The maximum atomic E-state index is 13.6. The maximum absolute atomic E-state index is 13.6. The van der Waals surface area contributed by atoms with Crippen LogP contribution < -0.4 is 4.90 Å². The second kappa shape index (κ2) is 8.05. The first-order chi connectivity index (χ1) is 14.3. The number of carbonyl (C=O) groups is 1. The van der Waals surface area contributed by atoms with E-state index in [9.17, 15) is 13.2 Å². The van der Waals surface area contributed by atoms with Crippen LogP contribution in [0.25, 0.3) is 10.2 Å². The van der Waals surface area contributed by atoms with Crippen molar-refractivity contribution in [3.05, 3.63) is 53.3 Å². The van der Waals surface area contributed by atoms with Crippen LogP contribution in [0.15, 0.2) is 36.5 Å². The topological polar surface area (TPSA) is 83.5 Å². The van der Waals surface area contributed by atoms with Gasteiger partial charge in [0.15, 0.2) is 5.13 Å². The normalized spacial score (nSPS) is 17.5. The summed E-state index contributed by atoms with van der Waals surface area (Å²) in [4.78, 5) is 24.3. The van der Waals surface area contributed by atoms with Crippen LogP contribution in [0, 0.1) is 13.8 Å². The van der Waals surface area contributed by atoms with Crippen LogP contribution in [0.1, 0.15) is 29.7 Å². The molecule has 1 aliphatic rings. The van der Waals surface area contributed by atoms with Crippen LogP contribution in [0.5, 0.6) is 0 Å². The number of fused-ring (bicyclic) bond motifs is 1. The van der Waals surface area contributed by atoms with Crippen molar-refractivity contribution in [3.8, 4) is 0 Å². The minimum absolute atomic E-state index is 0.242. The molecule has 1 saturated heterocycles. The molecule has 9 heteroatoms. The standard InChI is InChI=1S/C21H24N4O3S2/c1-14-9-10-18-19(15(14)2)23-21(29-18)24(13-16-7-4-5-11-22-16)20(26)17-8-6-12-25(17)30(3,27)28/h4-5,7,9-11,17H,6,8,12-13H2,1-3H3. The molecule has 0 aliphatic carbocycles. The van der Waals surface area contributed by atoms with E-state index in [4.69, 9.17) is 4.98 Å². The summed E-state index contributed by atoms with van der Waals surface area (Å²) in [6, 6.07) is 8.90. The van der Waals surface area contributed by atoms with E-state index in [-0.39, 0.29) is 12.5 Å². The highest BCUT2D eigenvalue weighted by atomic mass is 32.2. The fraction of sp³-hybridized carbons (Fsp3) is 0.381. The van der Waals surface area contributed by atoms with E-state index in [2.05, 4.69) is 4.98 Å². The molecule has 2 aromatic heterocycles. The largest absolute Gasteiger partial charge is 0.281 e. The molecule has 1 aromatic carbocycles. The Morgan fingerprint density at radius 3 is 2.77 bits per heavy atom. The Morgan fingerprint density at radius 1 is 1.27 bits per heavy atom. The summed E-state index contributed by atoms with van der Waals surface area (Å²) in [6.45, 7) is 4.66. The molecule has 158 valence electrons. The lowest BCUT2D eigenvalue weighted by Gasteiger charge is -2.27. The number of nitrogens with zero attached hydrogens (tertiary/aromatic N) is 4. The molecular formula is C21H24N4O3S2. The van der Waals surface area contributed by atoms with E-state index < -0.39 is 16.1 Å². The van der Waals surface area contributed by atoms with Crippen LogP contribution in [0.4, 0.5) is 5.13 Å². The smallest absolute Gasteiger partial charge is 0.247 e. The molecule has 3 heterocycles. The summed E-state index contributed by atoms with van der Waals surface area (Å²) in [5, 5.41) is 0.565. The average molecular weight is 445 g/mol. The number of aryl methyl sites for hydroxylation is 2. The Balaban J connectivity index is 1.77. The number of hydrogen-bond acceptors (Lipinski definition) is 6. The number of anilines is 1. The van der Waals surface area contributed by atoms with Crippen molar-refractivity contribution in [3.63, 3.8) is 0 Å². The minimum Gasteiger partial charge on any atom is -0.281 e. The molecule has 1 amide bonds. The van der Waals surface area contributed by atoms with Crippen LogP contribution in [-0.2, 0) is 21.4 Å². The SMILES string of the molecule is Cc1ccc2sc(N(Cc3ccccn3)C(=O)C3CCCN3S(C)(=O)=O)nc2c1C. The van der Waals surface area contributed by atoms with Gasteiger partial charge in [0, 0.05) is 12.7 Å². The predicted molar refractivity (Wildman–Crippen MR) is 119 cm³/mol. The van der Waals surface area contributed by atoms with E-state index in [1.807, 2.05) is 44.2 Å². The average Bonchev–Trinajstić information content (AvgIpc) is 3.37. The summed E-state index contributed by atoms with van der Waals surface area (Å²) in [5.74, 6) is -0.253. The lowest BCUT2D eigenvalue weighted by Crippen LogP contribution is -2.47. The van der Waals surface area contributed by atoms with Crippen molar-refractivity contribution >= 4 is 42.6 Å². The second-order valence-electron chi connectivity index (χ2n) is 7.63. The van der Waals surface area contributed by atoms with Crippen LogP contribution in [-0.4, -0.2) is 47.4 Å². The van der Waals surface area contributed by atoms with Gasteiger partial charge in [-0.25, -0.2) is 13.4 Å². The van der Waals surface area contributed by atoms with Crippen molar-refractivity contribution in [2.24, 2.45) is 0 Å². The maximum Gasteiger partial charge on any atom is 0.247 e. The zero-order valence-electron chi connectivity index (χ0n) is 17.2. The van der Waals surface area contributed by atoms with Gasteiger partial charge in [-0.2, -0.15) is 4.31 Å². The van der Waals surface area contributed by atoms with Gasteiger partial charge in [-0.05, 0) is 56.0 Å². The second-order valence-corrected chi connectivity index (χ2v) is 10.6. The third-order valence-electron chi connectivity index (χ3n) is 5.53. The van der Waals surface area contributed by atoms with Crippen molar-refractivity contribution in [2.75, 3.05) is 17.7 Å². The molecule has 0 bridgehead atoms. The molecule has 3 aromatic rings. The molecule has 1 atom stereocenters. The monoisotopic (exact) mass is 444 g/mol. The molecule has 0 spiro atoms. The van der Waals surface area contributed by atoms with Gasteiger partial charge in [-0.15, -0.1) is 0 Å². The molecule has 7 nitrogen and oxygen atoms in total. The van der Waals surface area contributed by atoms with Crippen molar-refractivity contribution < 1.29 is 13.2 Å². The first-order valence-corrected chi connectivity index (χ1v) is 12.5. The molecule has 1 aliphatic heterocycles. The molecule has 4 rings (SSSR count). The molecule has 1 unspecified atom stereocenters. The quantitative estimate of drug-likeness (QED) is 0.603. The van der Waals surface area contributed by atoms with Gasteiger partial charge in [0.25, 0.3) is 0 Å². The molecule has 0 saturated carbocycles. The fourth-order valence-corrected chi connectivity index (χ4v) is 5.94. The lowest BCUT2D eigenvalue weighted by atomic mass is 10.1. The summed E-state index contributed by atoms with van der Waals surface area (Å²) < 4.78 is 26.7. The zero-order chi connectivity index (χ0) is 21.5. The Morgan fingerprint density at radius 2 is 2.07 bits per heavy atom. The zero-order valence-corrected chi connectivity index (χ0v) is 18.8. The number of pyridine rings is 1. The summed E-state index contributed by atoms with van der Waals surface area (Å²) in [5.41, 5.74) is 3.82. The summed E-state index contributed by atoms with van der Waals surface area (Å²) >= 11 is 1.44. The summed E-state index contributed by atoms with van der Waals surface area (Å²) in [6.07, 6.45) is 4.01. The number of sulfonamides is 1. The fourth-order valence-electron chi connectivity index (χ4n) is 3.79. The molecule has 1 fully saturated rings. The number of aromatic nitrogens is 2. The van der Waals surface area contributed by atoms with Crippen molar-refractivity contribution in [1.82, 2.24) is 14.3 Å². The Hall–Kier alpha value is -2.36. The number of carbonyl (C=O) groups excluding carboxylic acids is 1. The number of rotatable bonds is 5. The Kier molecular flexibility index (Phi) is 5.61. The lowest BCUT2D eigenvalue weighted by molar-refractivity contribution is -0.121. The van der Waals surface area contributed by atoms with Gasteiger partial charge in [0.1, 0.15) is 6.04 Å². The third kappa shape index (κ3) is 3.97. The van der Waals surface area contributed by atoms with Crippen LogP contribution in [0.3, 0.4) is 0 Å². The molecule has 30 heavy (non-hydrogen) atoms. The van der Waals surface area contributed by atoms with Gasteiger partial charge in [-0.1, -0.05) is 23.5 Å². The Labute approximate surface area is 180 Å². The van der Waals surface area contributed by atoms with E-state index in [0.717, 1.165) is 33.3 Å². The highest BCUT2D eigenvalue weighted by Gasteiger charge is 2.39. The molecule has 0 N–H and O–H groups in total. The predicted octanol–water partition coefficient (Wildman–Crippen LogP) is 3.27. The van der Waals surface area contributed by atoms with Gasteiger partial charge >= 0.3 is 0 Å². The highest BCUT2D eigenvalue weighted by molar-refractivity contribution is 7.88. The van der Waals surface area contributed by atoms with E-state index in [1.165, 1.54) is 15.6 Å². The van der Waals surface area contributed by atoms with Crippen molar-refractivity contribution in [2.45, 2.75) is 39.3 Å². The number of thiazole rings is 1. The molecule has 0 radical (unpaired) electrons. The van der Waals surface area contributed by atoms with Gasteiger partial charge in [0.05, 0.1) is 28.7 Å². The van der Waals surface area contributed by atoms with Crippen LogP contribution in [0.2, 0.25) is 0 Å². The van der Waals surface area contributed by atoms with Gasteiger partial charge in [0.2, 0.25) is 15.9 Å². The minimum atomic E-state index is -3.47. The number of hydrogen-bond donors (Lipinski definition) is 0. The number of amides is 1. The van der Waals surface area contributed by atoms with Crippen molar-refractivity contribution in [1.29, 1.82) is 0 Å². The third-order valence-corrected chi connectivity index (χ3v) is 7.86. The van der Waals surface area contributed by atoms with E-state index >= 15 is 0 Å². The Bertz CT molecular complexity index is 1190. The van der Waals surface area contributed by atoms with Gasteiger partial charge in [-0.3, -0.25) is 14.7 Å². The van der Waals surface area contributed by atoms with Gasteiger partial charge < -0.3 is 0 Å². The first-order valence-electron chi connectivity index (χ1n) is 9.80. The van der Waals surface area contributed by atoms with Crippen LogP contribution >= 0.6 is 11.3 Å². The van der Waals surface area contributed by atoms with E-state index in [0.29, 0.717) is 24.5 Å². The highest BCUT2D eigenvalue weighted by Crippen LogP contribution is 2.34. The summed E-state index contributed by atoms with van der Waals surface area (Å²) in [7, 11) is -3.47.